The van der Waals surface area contributed by atoms with Crippen LogP contribution >= 0.6 is 0 Å². The Labute approximate surface area is 83.8 Å². The van der Waals surface area contributed by atoms with Crippen LogP contribution in [0.15, 0.2) is 4.99 Å². The number of piperazine rings is 1. The minimum absolute atomic E-state index is 0.172. The molecule has 0 aromatic rings. The molecule has 0 aromatic heterocycles. The second-order valence-corrected chi connectivity index (χ2v) is 3.63. The van der Waals surface area contributed by atoms with Crippen molar-refractivity contribution in [1.29, 1.82) is 0 Å². The molecule has 5 heteroatoms. The predicted octanol–water partition coefficient (Wildman–Crippen LogP) is -0.890. The van der Waals surface area contributed by atoms with Crippen LogP contribution in [0.25, 0.3) is 0 Å². The molecule has 2 heterocycles. The van der Waals surface area contributed by atoms with Crippen LogP contribution in [0.5, 0.6) is 0 Å². The standard InChI is InChI=1S/C9H16N4O/c1-8(14)12-4-6-13(7-5-12)9-10-2-3-11-9/h2-7H2,1H3,(H,10,11). The summed E-state index contributed by atoms with van der Waals surface area (Å²) < 4.78 is 0. The van der Waals surface area contributed by atoms with Crippen LogP contribution in [-0.2, 0) is 4.79 Å². The van der Waals surface area contributed by atoms with Gasteiger partial charge in [-0.05, 0) is 0 Å². The molecule has 2 aliphatic rings. The Balaban J connectivity index is 1.86. The van der Waals surface area contributed by atoms with Crippen LogP contribution in [-0.4, -0.2) is 60.9 Å². The van der Waals surface area contributed by atoms with E-state index in [2.05, 4.69) is 15.2 Å². The predicted molar refractivity (Wildman–Crippen MR) is 54.1 cm³/mol. The summed E-state index contributed by atoms with van der Waals surface area (Å²) in [6.45, 7) is 6.87. The van der Waals surface area contributed by atoms with E-state index in [-0.39, 0.29) is 5.91 Å². The highest BCUT2D eigenvalue weighted by molar-refractivity contribution is 5.82. The fraction of sp³-hybridized carbons (Fsp3) is 0.778. The lowest BCUT2D eigenvalue weighted by molar-refractivity contribution is -0.130. The van der Waals surface area contributed by atoms with Gasteiger partial charge >= 0.3 is 0 Å². The topological polar surface area (TPSA) is 47.9 Å². The molecule has 14 heavy (non-hydrogen) atoms. The molecule has 1 amide bonds. The van der Waals surface area contributed by atoms with Crippen molar-refractivity contribution in [1.82, 2.24) is 15.1 Å². The Morgan fingerprint density at radius 1 is 1.36 bits per heavy atom. The molecule has 2 aliphatic heterocycles. The third-order valence-electron chi connectivity index (χ3n) is 2.68. The molecule has 1 N–H and O–H groups in total. The SMILES string of the molecule is CC(=O)N1CCN(C2=NCCN2)CC1. The number of nitrogens with zero attached hydrogens (tertiary/aromatic N) is 3. The van der Waals surface area contributed by atoms with E-state index in [0.29, 0.717) is 0 Å². The number of guanidine groups is 1. The Bertz CT molecular complexity index is 256. The number of hydrogen-bond donors (Lipinski definition) is 1. The van der Waals surface area contributed by atoms with Gasteiger partial charge in [-0.2, -0.15) is 0 Å². The molecule has 0 bridgehead atoms. The first-order valence-electron chi connectivity index (χ1n) is 5.06. The number of nitrogens with one attached hydrogen (secondary N) is 1. The average molecular weight is 196 g/mol. The molecule has 5 nitrogen and oxygen atoms in total. The van der Waals surface area contributed by atoms with Gasteiger partial charge in [0.1, 0.15) is 0 Å². The van der Waals surface area contributed by atoms with Gasteiger partial charge in [0.15, 0.2) is 5.96 Å². The van der Waals surface area contributed by atoms with Gasteiger partial charge in [0.2, 0.25) is 5.91 Å². The first kappa shape index (κ1) is 9.30. The molecule has 0 saturated carbocycles. The summed E-state index contributed by atoms with van der Waals surface area (Å²) >= 11 is 0. The number of aliphatic imine (C=N–C) groups is 1. The maximum atomic E-state index is 11.1. The van der Waals surface area contributed by atoms with E-state index in [1.54, 1.807) is 6.92 Å². The summed E-state index contributed by atoms with van der Waals surface area (Å²) in [5.74, 6) is 1.18. The molecule has 1 saturated heterocycles. The summed E-state index contributed by atoms with van der Waals surface area (Å²) in [5.41, 5.74) is 0. The van der Waals surface area contributed by atoms with E-state index < -0.39 is 0 Å². The summed E-state index contributed by atoms with van der Waals surface area (Å²) in [7, 11) is 0. The van der Waals surface area contributed by atoms with E-state index in [4.69, 9.17) is 0 Å². The van der Waals surface area contributed by atoms with Crippen molar-refractivity contribution in [2.75, 3.05) is 39.3 Å². The van der Waals surface area contributed by atoms with E-state index in [1.165, 1.54) is 0 Å². The number of carbonyl (C=O) groups excluding carboxylic acids is 1. The molecule has 1 fully saturated rings. The van der Waals surface area contributed by atoms with Crippen molar-refractivity contribution < 1.29 is 4.79 Å². The Kier molecular flexibility index (Phi) is 2.56. The quantitative estimate of drug-likeness (QED) is 0.547. The van der Waals surface area contributed by atoms with E-state index in [9.17, 15) is 4.79 Å². The van der Waals surface area contributed by atoms with Crippen LogP contribution in [0, 0.1) is 0 Å². The smallest absolute Gasteiger partial charge is 0.219 e. The van der Waals surface area contributed by atoms with Gasteiger partial charge in [-0.25, -0.2) is 0 Å². The van der Waals surface area contributed by atoms with Gasteiger partial charge in [0, 0.05) is 39.6 Å². The van der Waals surface area contributed by atoms with Crippen molar-refractivity contribution in [3.63, 3.8) is 0 Å². The Morgan fingerprint density at radius 3 is 2.57 bits per heavy atom. The van der Waals surface area contributed by atoms with E-state index in [1.807, 2.05) is 4.90 Å². The summed E-state index contributed by atoms with van der Waals surface area (Å²) in [5, 5.41) is 3.24. The lowest BCUT2D eigenvalue weighted by atomic mass is 10.3. The van der Waals surface area contributed by atoms with E-state index >= 15 is 0 Å². The minimum Gasteiger partial charge on any atom is -0.354 e. The van der Waals surface area contributed by atoms with Gasteiger partial charge in [0.25, 0.3) is 0 Å². The fourth-order valence-electron chi connectivity index (χ4n) is 1.83. The van der Waals surface area contributed by atoms with Crippen molar-refractivity contribution in [3.8, 4) is 0 Å². The van der Waals surface area contributed by atoms with Crippen LogP contribution in [0.4, 0.5) is 0 Å². The molecule has 0 unspecified atom stereocenters. The zero-order valence-electron chi connectivity index (χ0n) is 8.49. The van der Waals surface area contributed by atoms with Gasteiger partial charge in [-0.3, -0.25) is 9.79 Å². The first-order chi connectivity index (χ1) is 6.77. The lowest BCUT2D eigenvalue weighted by Crippen LogP contribution is -2.52. The number of amides is 1. The van der Waals surface area contributed by atoms with Crippen LogP contribution < -0.4 is 5.32 Å². The second-order valence-electron chi connectivity index (χ2n) is 3.63. The maximum Gasteiger partial charge on any atom is 0.219 e. The van der Waals surface area contributed by atoms with Crippen molar-refractivity contribution in [2.45, 2.75) is 6.92 Å². The minimum atomic E-state index is 0.172. The molecule has 0 atom stereocenters. The highest BCUT2D eigenvalue weighted by atomic mass is 16.2. The zero-order chi connectivity index (χ0) is 9.97. The highest BCUT2D eigenvalue weighted by Crippen LogP contribution is 2.03. The fourth-order valence-corrected chi connectivity index (χ4v) is 1.83. The summed E-state index contributed by atoms with van der Waals surface area (Å²) in [6.07, 6.45) is 0. The van der Waals surface area contributed by atoms with Gasteiger partial charge < -0.3 is 15.1 Å². The van der Waals surface area contributed by atoms with Crippen LogP contribution in [0.1, 0.15) is 6.92 Å². The molecular weight excluding hydrogens is 180 g/mol. The second kappa shape index (κ2) is 3.86. The molecule has 0 radical (unpaired) electrons. The molecule has 0 aliphatic carbocycles. The first-order valence-corrected chi connectivity index (χ1v) is 5.06. The average Bonchev–Trinajstić information content (AvgIpc) is 2.71. The van der Waals surface area contributed by atoms with Crippen LogP contribution in [0.3, 0.4) is 0 Å². The van der Waals surface area contributed by atoms with Crippen molar-refractivity contribution in [3.05, 3.63) is 0 Å². The molecular formula is C9H16N4O. The largest absolute Gasteiger partial charge is 0.354 e. The third kappa shape index (κ3) is 1.81. The summed E-state index contributed by atoms with van der Waals surface area (Å²) in [6, 6.07) is 0. The number of hydrogen-bond acceptors (Lipinski definition) is 4. The van der Waals surface area contributed by atoms with E-state index in [0.717, 1.165) is 45.2 Å². The van der Waals surface area contributed by atoms with Crippen molar-refractivity contribution in [2.24, 2.45) is 4.99 Å². The molecule has 0 aromatic carbocycles. The van der Waals surface area contributed by atoms with Gasteiger partial charge in [-0.1, -0.05) is 0 Å². The molecule has 2 rings (SSSR count). The van der Waals surface area contributed by atoms with Gasteiger partial charge in [-0.15, -0.1) is 0 Å². The normalized spacial score (nSPS) is 21.9. The van der Waals surface area contributed by atoms with Crippen molar-refractivity contribution >= 4 is 11.9 Å². The summed E-state index contributed by atoms with van der Waals surface area (Å²) in [4.78, 5) is 19.5. The maximum absolute atomic E-state index is 11.1. The Hall–Kier alpha value is -1.26. The molecule has 0 spiro atoms. The monoisotopic (exact) mass is 196 g/mol. The molecule has 78 valence electrons. The Morgan fingerprint density at radius 2 is 2.07 bits per heavy atom. The number of carbonyl (C=O) groups is 1. The third-order valence-corrected chi connectivity index (χ3v) is 2.68. The van der Waals surface area contributed by atoms with Crippen LogP contribution in [0.2, 0.25) is 0 Å². The highest BCUT2D eigenvalue weighted by Gasteiger charge is 2.21. The zero-order valence-corrected chi connectivity index (χ0v) is 8.49. The van der Waals surface area contributed by atoms with Gasteiger partial charge in [0.05, 0.1) is 6.54 Å². The lowest BCUT2D eigenvalue weighted by Gasteiger charge is -2.35. The number of rotatable bonds is 0.